The van der Waals surface area contributed by atoms with Gasteiger partial charge < -0.3 is 10.6 Å². The van der Waals surface area contributed by atoms with Crippen LogP contribution in [0.5, 0.6) is 0 Å². The fraction of sp³-hybridized carbons (Fsp3) is 0.786. The largest absolute Gasteiger partial charge is 0.356 e. The van der Waals surface area contributed by atoms with E-state index >= 15 is 0 Å². The third-order valence-electron chi connectivity index (χ3n) is 3.47. The molecule has 0 saturated carbocycles. The van der Waals surface area contributed by atoms with E-state index in [2.05, 4.69) is 26.4 Å². The van der Waals surface area contributed by atoms with Gasteiger partial charge >= 0.3 is 0 Å². The van der Waals surface area contributed by atoms with E-state index in [0.29, 0.717) is 19.0 Å². The Morgan fingerprint density at radius 3 is 2.62 bits per heavy atom. The molecule has 122 valence electrons. The average molecular weight is 316 g/mol. The Hall–Kier alpha value is -1.08. The minimum absolute atomic E-state index is 0.106. The lowest BCUT2D eigenvalue weighted by molar-refractivity contribution is 0.581. The Labute approximate surface area is 128 Å². The van der Waals surface area contributed by atoms with E-state index in [4.69, 9.17) is 0 Å². The predicted molar refractivity (Wildman–Crippen MR) is 88.0 cm³/mol. The molecule has 6 nitrogen and oxygen atoms in total. The first-order chi connectivity index (χ1) is 10.1. The molecular weight excluding hydrogens is 288 g/mol. The van der Waals surface area contributed by atoms with E-state index in [1.807, 2.05) is 0 Å². The minimum Gasteiger partial charge on any atom is -0.356 e. The molecule has 0 unspecified atom stereocenters. The monoisotopic (exact) mass is 316 g/mol. The SMILES string of the molecule is CCS(=O)(=O)NCCNC(=NC)NCCC1=CCCCC1. The van der Waals surface area contributed by atoms with Crippen LogP contribution in [0.4, 0.5) is 0 Å². The maximum Gasteiger partial charge on any atom is 0.211 e. The highest BCUT2D eigenvalue weighted by molar-refractivity contribution is 7.89. The van der Waals surface area contributed by atoms with Crippen LogP contribution in [-0.2, 0) is 10.0 Å². The van der Waals surface area contributed by atoms with E-state index in [-0.39, 0.29) is 5.75 Å². The molecule has 0 saturated heterocycles. The van der Waals surface area contributed by atoms with Crippen LogP contribution in [0, 0.1) is 0 Å². The van der Waals surface area contributed by atoms with Gasteiger partial charge in [-0.3, -0.25) is 4.99 Å². The first-order valence-corrected chi connectivity index (χ1v) is 9.32. The molecule has 21 heavy (non-hydrogen) atoms. The molecule has 0 spiro atoms. The second-order valence-electron chi connectivity index (χ2n) is 5.08. The lowest BCUT2D eigenvalue weighted by Gasteiger charge is -2.15. The fourth-order valence-electron chi connectivity index (χ4n) is 2.18. The van der Waals surface area contributed by atoms with Crippen molar-refractivity contribution in [3.63, 3.8) is 0 Å². The van der Waals surface area contributed by atoms with Gasteiger partial charge in [0.1, 0.15) is 0 Å². The number of aliphatic imine (C=N–C) groups is 1. The Kier molecular flexibility index (Phi) is 8.37. The molecule has 0 aromatic heterocycles. The average Bonchev–Trinajstić information content (AvgIpc) is 2.50. The lowest BCUT2D eigenvalue weighted by Crippen LogP contribution is -2.42. The van der Waals surface area contributed by atoms with Crippen molar-refractivity contribution in [1.29, 1.82) is 0 Å². The molecule has 0 aliphatic heterocycles. The van der Waals surface area contributed by atoms with Crippen LogP contribution < -0.4 is 15.4 Å². The summed E-state index contributed by atoms with van der Waals surface area (Å²) in [5, 5.41) is 6.35. The highest BCUT2D eigenvalue weighted by Gasteiger charge is 2.06. The van der Waals surface area contributed by atoms with Crippen molar-refractivity contribution in [2.75, 3.05) is 32.4 Å². The predicted octanol–water partition coefficient (Wildman–Crippen LogP) is 0.981. The van der Waals surface area contributed by atoms with Gasteiger partial charge in [-0.1, -0.05) is 11.6 Å². The van der Waals surface area contributed by atoms with Crippen LogP contribution in [0.15, 0.2) is 16.6 Å². The summed E-state index contributed by atoms with van der Waals surface area (Å²) in [4.78, 5) is 4.12. The van der Waals surface area contributed by atoms with E-state index in [1.54, 1.807) is 14.0 Å². The Bertz CT molecular complexity index is 458. The summed E-state index contributed by atoms with van der Waals surface area (Å²) >= 11 is 0. The van der Waals surface area contributed by atoms with Crippen LogP contribution in [0.3, 0.4) is 0 Å². The first kappa shape index (κ1) is 18.0. The van der Waals surface area contributed by atoms with E-state index in [1.165, 1.54) is 31.3 Å². The van der Waals surface area contributed by atoms with E-state index in [0.717, 1.165) is 13.0 Å². The minimum atomic E-state index is -3.11. The number of guanidine groups is 1. The second-order valence-corrected chi connectivity index (χ2v) is 7.18. The molecule has 0 radical (unpaired) electrons. The maximum atomic E-state index is 11.3. The number of nitrogens with one attached hydrogen (secondary N) is 3. The molecule has 1 rings (SSSR count). The molecule has 1 aliphatic carbocycles. The van der Waals surface area contributed by atoms with Crippen molar-refractivity contribution >= 4 is 16.0 Å². The Morgan fingerprint density at radius 1 is 1.24 bits per heavy atom. The van der Waals surface area contributed by atoms with Crippen molar-refractivity contribution in [1.82, 2.24) is 15.4 Å². The summed E-state index contributed by atoms with van der Waals surface area (Å²) < 4.78 is 25.1. The maximum absolute atomic E-state index is 11.3. The third kappa shape index (κ3) is 8.06. The molecule has 0 bridgehead atoms. The van der Waals surface area contributed by atoms with Crippen molar-refractivity contribution in [3.05, 3.63) is 11.6 Å². The third-order valence-corrected chi connectivity index (χ3v) is 4.87. The van der Waals surface area contributed by atoms with Gasteiger partial charge in [0.2, 0.25) is 10.0 Å². The molecule has 1 aliphatic rings. The summed E-state index contributed by atoms with van der Waals surface area (Å²) in [5.74, 6) is 0.817. The molecule has 0 heterocycles. The molecule has 0 amide bonds. The zero-order chi connectivity index (χ0) is 15.6. The van der Waals surface area contributed by atoms with Gasteiger partial charge in [0.25, 0.3) is 0 Å². The Balaban J connectivity index is 2.16. The van der Waals surface area contributed by atoms with Crippen molar-refractivity contribution in [3.8, 4) is 0 Å². The normalized spacial score (nSPS) is 16.5. The second kappa shape index (κ2) is 9.78. The van der Waals surface area contributed by atoms with Crippen molar-refractivity contribution < 1.29 is 8.42 Å². The summed E-state index contributed by atoms with van der Waals surface area (Å²) in [6.07, 6.45) is 8.43. The standard InChI is InChI=1S/C14H28N4O2S/c1-3-21(19,20)18-12-11-17-14(15-2)16-10-9-13-7-5-4-6-8-13/h7,18H,3-6,8-12H2,1-2H3,(H2,15,16,17). The first-order valence-electron chi connectivity index (χ1n) is 7.67. The number of rotatable bonds is 8. The zero-order valence-electron chi connectivity index (χ0n) is 13.1. The number of hydrogen-bond donors (Lipinski definition) is 3. The highest BCUT2D eigenvalue weighted by Crippen LogP contribution is 2.19. The van der Waals surface area contributed by atoms with Crippen LogP contribution in [0.1, 0.15) is 39.0 Å². The summed E-state index contributed by atoms with van der Waals surface area (Å²) in [6.45, 7) is 3.35. The van der Waals surface area contributed by atoms with Crippen LogP contribution in [0.2, 0.25) is 0 Å². The topological polar surface area (TPSA) is 82.6 Å². The van der Waals surface area contributed by atoms with Gasteiger partial charge in [0.05, 0.1) is 5.75 Å². The van der Waals surface area contributed by atoms with Crippen molar-refractivity contribution in [2.45, 2.75) is 39.0 Å². The highest BCUT2D eigenvalue weighted by atomic mass is 32.2. The van der Waals surface area contributed by atoms with Gasteiger partial charge in [0, 0.05) is 26.7 Å². The van der Waals surface area contributed by atoms with Gasteiger partial charge in [0.15, 0.2) is 5.96 Å². The van der Waals surface area contributed by atoms with Gasteiger partial charge in [-0.15, -0.1) is 0 Å². The number of hydrogen-bond acceptors (Lipinski definition) is 3. The summed E-state index contributed by atoms with van der Waals surface area (Å²) in [6, 6.07) is 0. The van der Waals surface area contributed by atoms with Gasteiger partial charge in [-0.2, -0.15) is 0 Å². The number of nitrogens with zero attached hydrogens (tertiary/aromatic N) is 1. The molecule has 0 aromatic carbocycles. The molecular formula is C14H28N4O2S. The molecule has 0 atom stereocenters. The van der Waals surface area contributed by atoms with Gasteiger partial charge in [-0.05, 0) is 39.0 Å². The number of allylic oxidation sites excluding steroid dienone is 1. The smallest absolute Gasteiger partial charge is 0.211 e. The zero-order valence-corrected chi connectivity index (χ0v) is 13.9. The van der Waals surface area contributed by atoms with E-state index < -0.39 is 10.0 Å². The molecule has 3 N–H and O–H groups in total. The summed E-state index contributed by atoms with van der Waals surface area (Å²) in [7, 11) is -1.40. The van der Waals surface area contributed by atoms with Crippen LogP contribution in [-0.4, -0.2) is 46.8 Å². The number of sulfonamides is 1. The quantitative estimate of drug-likeness (QED) is 0.270. The fourth-order valence-corrected chi connectivity index (χ4v) is 2.80. The van der Waals surface area contributed by atoms with Gasteiger partial charge in [-0.25, -0.2) is 13.1 Å². The van der Waals surface area contributed by atoms with Crippen LogP contribution >= 0.6 is 0 Å². The Morgan fingerprint density at radius 2 is 2.00 bits per heavy atom. The molecule has 0 aromatic rings. The summed E-state index contributed by atoms with van der Waals surface area (Å²) in [5.41, 5.74) is 1.53. The molecule has 7 heteroatoms. The molecule has 0 fully saturated rings. The van der Waals surface area contributed by atoms with E-state index in [9.17, 15) is 8.42 Å². The lowest BCUT2D eigenvalue weighted by atomic mass is 9.97. The van der Waals surface area contributed by atoms with Crippen LogP contribution in [0.25, 0.3) is 0 Å². The van der Waals surface area contributed by atoms with Crippen molar-refractivity contribution in [2.24, 2.45) is 4.99 Å².